The smallest absolute Gasteiger partial charge is 0.265 e. The summed E-state index contributed by atoms with van der Waals surface area (Å²) in [7, 11) is 0. The van der Waals surface area contributed by atoms with Crippen molar-refractivity contribution in [2.24, 2.45) is 0 Å². The van der Waals surface area contributed by atoms with Gasteiger partial charge < -0.3 is 15.4 Å². The molecule has 0 radical (unpaired) electrons. The maximum Gasteiger partial charge on any atom is 0.265 e. The number of amides is 1. The minimum atomic E-state index is -0.459. The molecule has 0 saturated heterocycles. The van der Waals surface area contributed by atoms with Crippen LogP contribution in [0.1, 0.15) is 12.5 Å². The molecule has 1 aliphatic heterocycles. The zero-order chi connectivity index (χ0) is 14.8. The molecule has 2 N–H and O–H groups in total. The van der Waals surface area contributed by atoms with E-state index in [0.717, 1.165) is 16.3 Å². The molecule has 2 aromatic carbocycles. The Hall–Kier alpha value is -2.20. The third-order valence-electron chi connectivity index (χ3n) is 3.35. The molecular formula is C16H15ClN2O2. The number of halogens is 1. The van der Waals surface area contributed by atoms with Crippen LogP contribution in [0.25, 0.3) is 0 Å². The van der Waals surface area contributed by atoms with Gasteiger partial charge in [0.2, 0.25) is 0 Å². The Morgan fingerprint density at radius 1 is 1.29 bits per heavy atom. The van der Waals surface area contributed by atoms with Gasteiger partial charge in [-0.2, -0.15) is 0 Å². The van der Waals surface area contributed by atoms with Crippen molar-refractivity contribution in [3.8, 4) is 5.75 Å². The maximum atomic E-state index is 11.6. The van der Waals surface area contributed by atoms with Crippen LogP contribution < -0.4 is 15.4 Å². The highest BCUT2D eigenvalue weighted by atomic mass is 35.5. The first-order valence-electron chi connectivity index (χ1n) is 6.72. The van der Waals surface area contributed by atoms with Crippen molar-refractivity contribution in [1.29, 1.82) is 0 Å². The first-order valence-corrected chi connectivity index (χ1v) is 7.10. The summed E-state index contributed by atoms with van der Waals surface area (Å²) in [5.74, 6) is 0.552. The topological polar surface area (TPSA) is 50.4 Å². The first kappa shape index (κ1) is 13.8. The molecule has 1 amide bonds. The highest BCUT2D eigenvalue weighted by Gasteiger charge is 2.23. The Morgan fingerprint density at radius 2 is 2.10 bits per heavy atom. The summed E-state index contributed by atoms with van der Waals surface area (Å²) in [5.41, 5.74) is 2.60. The molecule has 4 nitrogen and oxygen atoms in total. The quantitative estimate of drug-likeness (QED) is 0.909. The van der Waals surface area contributed by atoms with Gasteiger partial charge in [-0.1, -0.05) is 29.8 Å². The second-order valence-electron chi connectivity index (χ2n) is 4.91. The Kier molecular flexibility index (Phi) is 3.71. The maximum absolute atomic E-state index is 11.6. The number of hydrogen-bond acceptors (Lipinski definition) is 3. The van der Waals surface area contributed by atoms with Crippen LogP contribution in [0.3, 0.4) is 0 Å². The third-order valence-corrected chi connectivity index (χ3v) is 3.72. The first-order chi connectivity index (χ1) is 10.1. The Bertz CT molecular complexity index is 688. The lowest BCUT2D eigenvalue weighted by Gasteiger charge is -2.23. The van der Waals surface area contributed by atoms with Gasteiger partial charge in [0.15, 0.2) is 6.10 Å². The fourth-order valence-electron chi connectivity index (χ4n) is 2.16. The van der Waals surface area contributed by atoms with Gasteiger partial charge in [0.25, 0.3) is 5.91 Å². The van der Waals surface area contributed by atoms with Crippen molar-refractivity contribution in [3.05, 3.63) is 53.1 Å². The number of fused-ring (bicyclic) bond motifs is 1. The van der Waals surface area contributed by atoms with Crippen molar-refractivity contribution >= 4 is 28.9 Å². The zero-order valence-corrected chi connectivity index (χ0v) is 12.3. The molecule has 0 aliphatic carbocycles. The predicted molar refractivity (Wildman–Crippen MR) is 83.9 cm³/mol. The number of carbonyl (C=O) groups excluding carboxylic acids is 1. The Balaban J connectivity index is 1.74. The van der Waals surface area contributed by atoms with Crippen LogP contribution >= 0.6 is 11.6 Å². The average molecular weight is 303 g/mol. The van der Waals surface area contributed by atoms with Gasteiger partial charge in [-0.25, -0.2) is 0 Å². The van der Waals surface area contributed by atoms with E-state index < -0.39 is 6.10 Å². The van der Waals surface area contributed by atoms with E-state index in [1.807, 2.05) is 42.5 Å². The molecule has 0 saturated carbocycles. The van der Waals surface area contributed by atoms with Crippen LogP contribution in [0, 0.1) is 0 Å². The average Bonchev–Trinajstić information content (AvgIpc) is 2.48. The van der Waals surface area contributed by atoms with Gasteiger partial charge in [0.05, 0.1) is 5.69 Å². The van der Waals surface area contributed by atoms with Gasteiger partial charge in [-0.15, -0.1) is 0 Å². The summed E-state index contributed by atoms with van der Waals surface area (Å²) in [6, 6.07) is 13.3. The normalized spacial score (nSPS) is 16.7. The molecule has 1 atom stereocenters. The van der Waals surface area contributed by atoms with Crippen LogP contribution in [-0.2, 0) is 11.3 Å². The molecule has 0 spiro atoms. The minimum absolute atomic E-state index is 0.134. The second-order valence-corrected chi connectivity index (χ2v) is 5.31. The number of nitrogens with one attached hydrogen (secondary N) is 2. The molecule has 1 heterocycles. The lowest BCUT2D eigenvalue weighted by molar-refractivity contribution is -0.122. The van der Waals surface area contributed by atoms with Crippen molar-refractivity contribution in [1.82, 2.24) is 0 Å². The summed E-state index contributed by atoms with van der Waals surface area (Å²) in [5, 5.41) is 6.85. The molecule has 1 unspecified atom stereocenters. The lowest BCUT2D eigenvalue weighted by atomic mass is 10.2. The van der Waals surface area contributed by atoms with Crippen molar-refractivity contribution in [2.45, 2.75) is 19.6 Å². The number of benzene rings is 2. The Morgan fingerprint density at radius 3 is 2.90 bits per heavy atom. The van der Waals surface area contributed by atoms with Crippen molar-refractivity contribution < 1.29 is 9.53 Å². The summed E-state index contributed by atoms with van der Waals surface area (Å²) >= 11 is 6.12. The summed E-state index contributed by atoms with van der Waals surface area (Å²) in [6.45, 7) is 2.34. The summed E-state index contributed by atoms with van der Waals surface area (Å²) in [4.78, 5) is 11.6. The molecule has 0 aromatic heterocycles. The van der Waals surface area contributed by atoms with Gasteiger partial charge in [-0.05, 0) is 36.8 Å². The molecular weight excluding hydrogens is 288 g/mol. The third kappa shape index (κ3) is 2.95. The fraction of sp³-hybridized carbons (Fsp3) is 0.188. The molecule has 0 bridgehead atoms. The van der Waals surface area contributed by atoms with Crippen LogP contribution in [0.4, 0.5) is 11.4 Å². The summed E-state index contributed by atoms with van der Waals surface area (Å²) in [6.07, 6.45) is -0.459. The van der Waals surface area contributed by atoms with Gasteiger partial charge in [-0.3, -0.25) is 4.79 Å². The zero-order valence-electron chi connectivity index (χ0n) is 11.5. The van der Waals surface area contributed by atoms with Crippen LogP contribution in [0.5, 0.6) is 5.75 Å². The number of ether oxygens (including phenoxy) is 1. The standard InChI is InChI=1S/C16H15ClN2O2/c1-10-16(20)19-14-8-12(6-7-15(14)21-10)18-9-11-4-2-3-5-13(11)17/h2-8,10,18H,9H2,1H3,(H,19,20). The second kappa shape index (κ2) is 5.66. The van der Waals surface area contributed by atoms with E-state index in [1.165, 1.54) is 0 Å². The predicted octanol–water partition coefficient (Wildman–Crippen LogP) is 3.67. The van der Waals surface area contributed by atoms with E-state index in [2.05, 4.69) is 10.6 Å². The monoisotopic (exact) mass is 302 g/mol. The highest BCUT2D eigenvalue weighted by molar-refractivity contribution is 6.31. The molecule has 1 aliphatic rings. The van der Waals surface area contributed by atoms with E-state index in [1.54, 1.807) is 6.92 Å². The van der Waals surface area contributed by atoms with Gasteiger partial charge >= 0.3 is 0 Å². The highest BCUT2D eigenvalue weighted by Crippen LogP contribution is 2.32. The molecule has 2 aromatic rings. The van der Waals surface area contributed by atoms with Crippen molar-refractivity contribution in [3.63, 3.8) is 0 Å². The SMILES string of the molecule is CC1Oc2ccc(NCc3ccccc3Cl)cc2NC1=O. The van der Waals surface area contributed by atoms with E-state index in [0.29, 0.717) is 18.0 Å². The molecule has 108 valence electrons. The van der Waals surface area contributed by atoms with Crippen LogP contribution in [-0.4, -0.2) is 12.0 Å². The Labute approximate surface area is 128 Å². The number of carbonyl (C=O) groups is 1. The van der Waals surface area contributed by atoms with Crippen LogP contribution in [0.2, 0.25) is 5.02 Å². The molecule has 3 rings (SSSR count). The van der Waals surface area contributed by atoms with Gasteiger partial charge in [0.1, 0.15) is 5.75 Å². The van der Waals surface area contributed by atoms with Crippen molar-refractivity contribution in [2.75, 3.05) is 10.6 Å². The molecule has 21 heavy (non-hydrogen) atoms. The van der Waals surface area contributed by atoms with E-state index in [9.17, 15) is 4.79 Å². The summed E-state index contributed by atoms with van der Waals surface area (Å²) < 4.78 is 5.52. The van der Waals surface area contributed by atoms with Crippen LogP contribution in [0.15, 0.2) is 42.5 Å². The van der Waals surface area contributed by atoms with E-state index in [-0.39, 0.29) is 5.91 Å². The van der Waals surface area contributed by atoms with E-state index in [4.69, 9.17) is 16.3 Å². The number of rotatable bonds is 3. The molecule has 0 fully saturated rings. The minimum Gasteiger partial charge on any atom is -0.479 e. The number of hydrogen-bond donors (Lipinski definition) is 2. The number of anilines is 2. The van der Waals surface area contributed by atoms with E-state index >= 15 is 0 Å². The molecule has 5 heteroatoms. The largest absolute Gasteiger partial charge is 0.479 e. The fourth-order valence-corrected chi connectivity index (χ4v) is 2.36. The van der Waals surface area contributed by atoms with Gasteiger partial charge in [0, 0.05) is 17.3 Å². The lowest BCUT2D eigenvalue weighted by Crippen LogP contribution is -2.34.